The van der Waals surface area contributed by atoms with Gasteiger partial charge in [-0.15, -0.1) is 0 Å². The average molecular weight is 279 g/mol. The molecular weight excluding hydrogens is 254 g/mol. The molecule has 2 bridgehead atoms. The van der Waals surface area contributed by atoms with Gasteiger partial charge < -0.3 is 5.32 Å². The quantitative estimate of drug-likeness (QED) is 0.901. The predicted octanol–water partition coefficient (Wildman–Crippen LogP) is 4.12. The van der Waals surface area contributed by atoms with E-state index in [1.807, 2.05) is 0 Å². The van der Waals surface area contributed by atoms with E-state index in [0.717, 1.165) is 29.7 Å². The Morgan fingerprint density at radius 3 is 2.79 bits per heavy atom. The Morgan fingerprint density at radius 2 is 2.16 bits per heavy atom. The highest BCUT2D eigenvalue weighted by Crippen LogP contribution is 2.63. The molecule has 0 spiro atoms. The van der Waals surface area contributed by atoms with Crippen LogP contribution in [0.3, 0.4) is 0 Å². The third-order valence-electron chi connectivity index (χ3n) is 5.48. The second kappa shape index (κ2) is 4.44. The van der Waals surface area contributed by atoms with Gasteiger partial charge in [0.1, 0.15) is 5.82 Å². The first-order valence-electron chi connectivity index (χ1n) is 7.55. The highest BCUT2D eigenvalue weighted by molar-refractivity contribution is 7.09. The van der Waals surface area contributed by atoms with Crippen molar-refractivity contribution < 1.29 is 0 Å². The second-order valence-electron chi connectivity index (χ2n) is 7.26. The number of aryl methyl sites for hydroxylation is 1. The van der Waals surface area contributed by atoms with Crippen LogP contribution in [-0.4, -0.2) is 15.4 Å². The summed E-state index contributed by atoms with van der Waals surface area (Å²) in [5, 5.41) is 4.75. The standard InChI is InChI=1S/C15H25N3S/c1-5-6-11-16-13(19-18-11)17-12-14(2,3)10-7-8-15(12,4)9-10/h10,12H,5-9H2,1-4H3,(H,16,17,18). The Hall–Kier alpha value is -0.640. The van der Waals surface area contributed by atoms with E-state index in [1.54, 1.807) is 0 Å². The van der Waals surface area contributed by atoms with Crippen molar-refractivity contribution in [3.8, 4) is 0 Å². The molecule has 2 saturated carbocycles. The molecule has 1 heterocycles. The first-order chi connectivity index (χ1) is 8.95. The Balaban J connectivity index is 1.78. The summed E-state index contributed by atoms with van der Waals surface area (Å²) in [6, 6.07) is 0.543. The molecule has 1 aromatic rings. The summed E-state index contributed by atoms with van der Waals surface area (Å²) in [6.07, 6.45) is 6.24. The van der Waals surface area contributed by atoms with Crippen LogP contribution in [0.15, 0.2) is 0 Å². The van der Waals surface area contributed by atoms with Crippen molar-refractivity contribution in [3.63, 3.8) is 0 Å². The minimum Gasteiger partial charge on any atom is -0.356 e. The molecule has 4 heteroatoms. The lowest BCUT2D eigenvalue weighted by molar-refractivity contribution is 0.155. The van der Waals surface area contributed by atoms with Crippen molar-refractivity contribution in [1.29, 1.82) is 0 Å². The van der Waals surface area contributed by atoms with Gasteiger partial charge >= 0.3 is 0 Å². The average Bonchev–Trinajstić information content (AvgIpc) is 2.97. The number of nitrogens with zero attached hydrogens (tertiary/aromatic N) is 2. The highest BCUT2D eigenvalue weighted by atomic mass is 32.1. The number of rotatable bonds is 4. The van der Waals surface area contributed by atoms with Crippen LogP contribution in [-0.2, 0) is 6.42 Å². The van der Waals surface area contributed by atoms with Crippen LogP contribution in [0.4, 0.5) is 5.13 Å². The van der Waals surface area contributed by atoms with Gasteiger partial charge in [-0.05, 0) is 42.4 Å². The number of anilines is 1. The summed E-state index contributed by atoms with van der Waals surface area (Å²) in [5.41, 5.74) is 0.828. The summed E-state index contributed by atoms with van der Waals surface area (Å²) in [5.74, 6) is 1.87. The van der Waals surface area contributed by atoms with Crippen molar-refractivity contribution in [3.05, 3.63) is 5.82 Å². The van der Waals surface area contributed by atoms with Gasteiger partial charge in [-0.25, -0.2) is 4.98 Å². The Kier molecular flexibility index (Phi) is 3.12. The Bertz CT molecular complexity index is 463. The van der Waals surface area contributed by atoms with Crippen LogP contribution in [0.1, 0.15) is 59.2 Å². The third kappa shape index (κ3) is 2.08. The number of fused-ring (bicyclic) bond motifs is 2. The van der Waals surface area contributed by atoms with Crippen LogP contribution < -0.4 is 5.32 Å². The Morgan fingerprint density at radius 1 is 1.37 bits per heavy atom. The summed E-state index contributed by atoms with van der Waals surface area (Å²) in [6.45, 7) is 9.48. The second-order valence-corrected chi connectivity index (χ2v) is 8.01. The monoisotopic (exact) mass is 279 g/mol. The van der Waals surface area contributed by atoms with Gasteiger partial charge in [0.05, 0.1) is 0 Å². The topological polar surface area (TPSA) is 37.8 Å². The largest absolute Gasteiger partial charge is 0.356 e. The van der Waals surface area contributed by atoms with Crippen molar-refractivity contribution in [2.24, 2.45) is 16.7 Å². The molecule has 106 valence electrons. The lowest BCUT2D eigenvalue weighted by Crippen LogP contribution is -2.45. The van der Waals surface area contributed by atoms with E-state index in [4.69, 9.17) is 0 Å². The highest BCUT2D eigenvalue weighted by Gasteiger charge is 2.59. The lowest BCUT2D eigenvalue weighted by Gasteiger charge is -2.43. The fourth-order valence-corrected chi connectivity index (χ4v) is 5.06. The lowest BCUT2D eigenvalue weighted by atomic mass is 9.68. The van der Waals surface area contributed by atoms with E-state index in [-0.39, 0.29) is 0 Å². The molecule has 0 aromatic carbocycles. The molecule has 3 rings (SSSR count). The van der Waals surface area contributed by atoms with Gasteiger partial charge in [-0.1, -0.05) is 27.7 Å². The summed E-state index contributed by atoms with van der Waals surface area (Å²) in [4.78, 5) is 4.64. The van der Waals surface area contributed by atoms with Crippen LogP contribution in [0, 0.1) is 16.7 Å². The fraction of sp³-hybridized carbons (Fsp3) is 0.867. The molecule has 2 fully saturated rings. The van der Waals surface area contributed by atoms with Crippen LogP contribution >= 0.6 is 11.5 Å². The van der Waals surface area contributed by atoms with Gasteiger partial charge in [0.25, 0.3) is 0 Å². The van der Waals surface area contributed by atoms with Crippen molar-refractivity contribution >= 4 is 16.7 Å². The van der Waals surface area contributed by atoms with Crippen molar-refractivity contribution in [2.75, 3.05) is 5.32 Å². The van der Waals surface area contributed by atoms with Gasteiger partial charge in [-0.3, -0.25) is 0 Å². The fourth-order valence-electron chi connectivity index (χ4n) is 4.42. The van der Waals surface area contributed by atoms with Crippen molar-refractivity contribution in [2.45, 2.75) is 65.8 Å². The molecular formula is C15H25N3S. The third-order valence-corrected chi connectivity index (χ3v) is 6.16. The maximum absolute atomic E-state index is 4.64. The zero-order valence-electron chi connectivity index (χ0n) is 12.5. The van der Waals surface area contributed by atoms with E-state index in [0.29, 0.717) is 16.9 Å². The smallest absolute Gasteiger partial charge is 0.202 e. The van der Waals surface area contributed by atoms with Crippen LogP contribution in [0.5, 0.6) is 0 Å². The van der Waals surface area contributed by atoms with E-state index in [1.165, 1.54) is 30.8 Å². The van der Waals surface area contributed by atoms with E-state index in [2.05, 4.69) is 42.4 Å². The number of hydrogen-bond acceptors (Lipinski definition) is 4. The molecule has 0 aliphatic heterocycles. The molecule has 3 atom stereocenters. The molecule has 1 N–H and O–H groups in total. The molecule has 1 aromatic heterocycles. The minimum absolute atomic E-state index is 0.379. The molecule has 19 heavy (non-hydrogen) atoms. The van der Waals surface area contributed by atoms with Crippen LogP contribution in [0.2, 0.25) is 0 Å². The normalized spacial score (nSPS) is 35.8. The van der Waals surface area contributed by atoms with Gasteiger partial charge in [-0.2, -0.15) is 4.37 Å². The zero-order chi connectivity index (χ0) is 13.7. The van der Waals surface area contributed by atoms with Crippen molar-refractivity contribution in [1.82, 2.24) is 9.36 Å². The van der Waals surface area contributed by atoms with Crippen LogP contribution in [0.25, 0.3) is 0 Å². The molecule has 0 amide bonds. The van der Waals surface area contributed by atoms with E-state index >= 15 is 0 Å². The molecule has 2 aliphatic carbocycles. The van der Waals surface area contributed by atoms with E-state index in [9.17, 15) is 0 Å². The maximum Gasteiger partial charge on any atom is 0.202 e. The minimum atomic E-state index is 0.379. The SMILES string of the molecule is CCCc1nsc(NC2C3(C)CCC(C3)C2(C)C)n1. The molecule has 2 aliphatic rings. The first-order valence-corrected chi connectivity index (χ1v) is 8.32. The van der Waals surface area contributed by atoms with E-state index < -0.39 is 0 Å². The number of hydrogen-bond donors (Lipinski definition) is 1. The molecule has 0 radical (unpaired) electrons. The molecule has 0 saturated heterocycles. The molecule has 3 nitrogen and oxygen atoms in total. The zero-order valence-corrected chi connectivity index (χ0v) is 13.3. The summed E-state index contributed by atoms with van der Waals surface area (Å²) in [7, 11) is 0. The predicted molar refractivity (Wildman–Crippen MR) is 80.5 cm³/mol. The summed E-state index contributed by atoms with van der Waals surface area (Å²) >= 11 is 1.53. The van der Waals surface area contributed by atoms with Gasteiger partial charge in [0.15, 0.2) is 0 Å². The Labute approximate surface area is 120 Å². The number of aromatic nitrogens is 2. The summed E-state index contributed by atoms with van der Waals surface area (Å²) < 4.78 is 4.45. The number of nitrogens with one attached hydrogen (secondary N) is 1. The van der Waals surface area contributed by atoms with Gasteiger partial charge in [0, 0.05) is 24.0 Å². The maximum atomic E-state index is 4.64. The first kappa shape index (κ1) is 13.3. The van der Waals surface area contributed by atoms with Gasteiger partial charge in [0.2, 0.25) is 5.13 Å². The molecule has 3 unspecified atom stereocenters.